The molecule has 7 nitrogen and oxygen atoms in total. The first-order chi connectivity index (χ1) is 9.78. The van der Waals surface area contributed by atoms with Crippen molar-refractivity contribution in [2.24, 2.45) is 11.3 Å². The number of carboxylic acid groups (broad SMARTS) is 1. The Kier molecular flexibility index (Phi) is 5.57. The van der Waals surface area contributed by atoms with Gasteiger partial charge in [-0.2, -0.15) is 0 Å². The van der Waals surface area contributed by atoms with Crippen molar-refractivity contribution in [2.45, 2.75) is 27.2 Å². The lowest BCUT2D eigenvalue weighted by molar-refractivity contribution is -0.151. The van der Waals surface area contributed by atoms with Crippen molar-refractivity contribution >= 4 is 18.0 Å². The van der Waals surface area contributed by atoms with Gasteiger partial charge in [-0.15, -0.1) is 0 Å². The molecule has 1 unspecified atom stereocenters. The average Bonchev–Trinajstić information content (AvgIpc) is 2.90. The third kappa shape index (κ3) is 3.46. The van der Waals surface area contributed by atoms with E-state index >= 15 is 0 Å². The molecule has 1 saturated heterocycles. The lowest BCUT2D eigenvalue weighted by atomic mass is 9.76. The van der Waals surface area contributed by atoms with E-state index in [4.69, 9.17) is 0 Å². The van der Waals surface area contributed by atoms with Crippen molar-refractivity contribution in [2.75, 3.05) is 33.3 Å². The van der Waals surface area contributed by atoms with Crippen molar-refractivity contribution < 1.29 is 24.2 Å². The van der Waals surface area contributed by atoms with Gasteiger partial charge in [0, 0.05) is 19.6 Å². The molecular weight excluding hydrogens is 276 g/mol. The second kappa shape index (κ2) is 6.78. The second-order valence-electron chi connectivity index (χ2n) is 5.66. The number of nitrogens with zero attached hydrogens (tertiary/aromatic N) is 2. The molecule has 120 valence electrons. The van der Waals surface area contributed by atoms with E-state index in [0.717, 1.165) is 0 Å². The zero-order valence-corrected chi connectivity index (χ0v) is 13.1. The highest BCUT2D eigenvalue weighted by Crippen LogP contribution is 2.38. The molecule has 0 saturated carbocycles. The molecular formula is C14H24N2O5. The Morgan fingerprint density at radius 3 is 2.38 bits per heavy atom. The smallest absolute Gasteiger partial charge is 0.325 e. The molecule has 0 radical (unpaired) electrons. The summed E-state index contributed by atoms with van der Waals surface area (Å²) in [6.07, 6.45) is 0.432. The number of carbonyl (C=O) groups is 3. The first-order valence-corrected chi connectivity index (χ1v) is 7.12. The summed E-state index contributed by atoms with van der Waals surface area (Å²) in [6, 6.07) is -0.313. The van der Waals surface area contributed by atoms with Gasteiger partial charge in [0.15, 0.2) is 0 Å². The fraction of sp³-hybridized carbons (Fsp3) is 0.786. The van der Waals surface area contributed by atoms with Gasteiger partial charge in [0.05, 0.1) is 12.5 Å². The van der Waals surface area contributed by atoms with Crippen LogP contribution in [0.3, 0.4) is 0 Å². The molecule has 1 aliphatic rings. The summed E-state index contributed by atoms with van der Waals surface area (Å²) in [5.74, 6) is -1.43. The zero-order valence-electron chi connectivity index (χ0n) is 13.1. The fourth-order valence-electron chi connectivity index (χ4n) is 2.62. The maximum absolute atomic E-state index is 12.4. The van der Waals surface area contributed by atoms with Crippen LogP contribution < -0.4 is 0 Å². The Balaban J connectivity index is 2.81. The third-order valence-corrected chi connectivity index (χ3v) is 4.30. The molecule has 0 aliphatic carbocycles. The predicted molar refractivity (Wildman–Crippen MR) is 75.8 cm³/mol. The Morgan fingerprint density at radius 1 is 1.38 bits per heavy atom. The number of ether oxygens (including phenoxy) is 1. The topological polar surface area (TPSA) is 87.2 Å². The number of carbonyl (C=O) groups excluding carboxylic acids is 2. The van der Waals surface area contributed by atoms with E-state index in [-0.39, 0.29) is 25.0 Å². The van der Waals surface area contributed by atoms with Crippen LogP contribution in [0.2, 0.25) is 0 Å². The Morgan fingerprint density at radius 2 is 2.00 bits per heavy atom. The van der Waals surface area contributed by atoms with E-state index < -0.39 is 17.4 Å². The minimum Gasteiger partial charge on any atom is -0.481 e. The van der Waals surface area contributed by atoms with E-state index in [2.05, 4.69) is 4.74 Å². The molecule has 0 spiro atoms. The van der Waals surface area contributed by atoms with E-state index in [0.29, 0.717) is 19.5 Å². The van der Waals surface area contributed by atoms with Gasteiger partial charge >= 0.3 is 18.0 Å². The number of aliphatic carboxylic acids is 1. The molecule has 1 fully saturated rings. The van der Waals surface area contributed by atoms with Gasteiger partial charge < -0.3 is 19.6 Å². The van der Waals surface area contributed by atoms with Crippen LogP contribution in [0.15, 0.2) is 0 Å². The minimum atomic E-state index is -0.902. The van der Waals surface area contributed by atoms with E-state index in [9.17, 15) is 19.5 Å². The maximum Gasteiger partial charge on any atom is 0.325 e. The highest BCUT2D eigenvalue weighted by Gasteiger charge is 2.49. The highest BCUT2D eigenvalue weighted by molar-refractivity contribution is 5.83. The molecule has 0 bridgehead atoms. The molecule has 0 aromatic rings. The number of amides is 2. The number of urea groups is 1. The summed E-state index contributed by atoms with van der Waals surface area (Å²) in [4.78, 5) is 38.2. The Labute approximate surface area is 124 Å². The lowest BCUT2D eigenvalue weighted by Crippen LogP contribution is -2.47. The Bertz CT molecular complexity index is 424. The Hall–Kier alpha value is -1.79. The van der Waals surface area contributed by atoms with Crippen LogP contribution in [-0.2, 0) is 14.3 Å². The van der Waals surface area contributed by atoms with E-state index in [1.807, 2.05) is 13.8 Å². The molecule has 1 N–H and O–H groups in total. The number of rotatable bonds is 5. The lowest BCUT2D eigenvalue weighted by Gasteiger charge is -2.30. The number of hydrogen-bond donors (Lipinski definition) is 1. The van der Waals surface area contributed by atoms with Crippen LogP contribution in [0, 0.1) is 11.3 Å². The van der Waals surface area contributed by atoms with Gasteiger partial charge in [0.25, 0.3) is 0 Å². The standard InChI is InChI=1S/C14H24N2O5/c1-5-15(8-11(17)21-4)13(20)16-7-6-14(9-16,10(2)3)12(18)19/h10H,5-9H2,1-4H3,(H,18,19). The van der Waals surface area contributed by atoms with Gasteiger partial charge in [0.1, 0.15) is 6.54 Å². The van der Waals surface area contributed by atoms with Crippen LogP contribution in [0.25, 0.3) is 0 Å². The minimum absolute atomic E-state index is 0.0662. The SMILES string of the molecule is CCN(CC(=O)OC)C(=O)N1CCC(C(=O)O)(C(C)C)C1. The van der Waals surface area contributed by atoms with Crippen LogP contribution in [0.1, 0.15) is 27.2 Å². The monoisotopic (exact) mass is 300 g/mol. The van der Waals surface area contributed by atoms with Crippen molar-refractivity contribution in [3.63, 3.8) is 0 Å². The van der Waals surface area contributed by atoms with Gasteiger partial charge in [0.2, 0.25) is 0 Å². The molecule has 1 aliphatic heterocycles. The first kappa shape index (κ1) is 17.3. The van der Waals surface area contributed by atoms with Crippen LogP contribution >= 0.6 is 0 Å². The number of hydrogen-bond acceptors (Lipinski definition) is 4. The number of carboxylic acids is 1. The van der Waals surface area contributed by atoms with Crippen molar-refractivity contribution in [3.8, 4) is 0 Å². The summed E-state index contributed by atoms with van der Waals surface area (Å²) in [7, 11) is 1.27. The van der Waals surface area contributed by atoms with Crippen molar-refractivity contribution in [1.82, 2.24) is 9.80 Å². The van der Waals surface area contributed by atoms with Gasteiger partial charge in [-0.3, -0.25) is 9.59 Å². The van der Waals surface area contributed by atoms with Gasteiger partial charge in [-0.1, -0.05) is 13.8 Å². The predicted octanol–water partition coefficient (Wildman–Crippen LogP) is 1.03. The largest absolute Gasteiger partial charge is 0.481 e. The summed E-state index contributed by atoms with van der Waals surface area (Å²) in [6.45, 7) is 6.29. The van der Waals surface area contributed by atoms with Crippen LogP contribution in [-0.4, -0.2) is 66.2 Å². The molecule has 1 atom stereocenters. The summed E-state index contributed by atoms with van der Waals surface area (Å²) in [5.41, 5.74) is -0.902. The number of methoxy groups -OCH3 is 1. The molecule has 7 heteroatoms. The normalized spacial score (nSPS) is 21.5. The summed E-state index contributed by atoms with van der Waals surface area (Å²) >= 11 is 0. The fourth-order valence-corrected chi connectivity index (χ4v) is 2.62. The molecule has 2 amide bonds. The molecule has 21 heavy (non-hydrogen) atoms. The van der Waals surface area contributed by atoms with Gasteiger partial charge in [-0.25, -0.2) is 4.79 Å². The van der Waals surface area contributed by atoms with Gasteiger partial charge in [-0.05, 0) is 19.3 Å². The highest BCUT2D eigenvalue weighted by atomic mass is 16.5. The summed E-state index contributed by atoms with van der Waals surface area (Å²) in [5, 5.41) is 9.49. The van der Waals surface area contributed by atoms with Crippen LogP contribution in [0.4, 0.5) is 4.79 Å². The quantitative estimate of drug-likeness (QED) is 0.766. The number of esters is 1. The molecule has 0 aromatic carbocycles. The van der Waals surface area contributed by atoms with Crippen molar-refractivity contribution in [3.05, 3.63) is 0 Å². The number of likely N-dealkylation sites (N-methyl/N-ethyl adjacent to an activating group) is 1. The number of likely N-dealkylation sites (tertiary alicyclic amines) is 1. The molecule has 1 rings (SSSR count). The second-order valence-corrected chi connectivity index (χ2v) is 5.66. The first-order valence-electron chi connectivity index (χ1n) is 7.12. The zero-order chi connectivity index (χ0) is 16.2. The van der Waals surface area contributed by atoms with Crippen LogP contribution in [0.5, 0.6) is 0 Å². The average molecular weight is 300 g/mol. The maximum atomic E-state index is 12.4. The molecule has 1 heterocycles. The third-order valence-electron chi connectivity index (χ3n) is 4.30. The van der Waals surface area contributed by atoms with E-state index in [1.54, 1.807) is 6.92 Å². The molecule has 0 aromatic heterocycles. The van der Waals surface area contributed by atoms with Crippen molar-refractivity contribution in [1.29, 1.82) is 0 Å². The summed E-state index contributed by atoms with van der Waals surface area (Å²) < 4.78 is 4.57. The van der Waals surface area contributed by atoms with E-state index in [1.165, 1.54) is 16.9 Å².